The Morgan fingerprint density at radius 2 is 2.17 bits per heavy atom. The minimum Gasteiger partial charge on any atom is -0.461 e. The number of carbonyl (C=O) groups is 1. The third-order valence-electron chi connectivity index (χ3n) is 3.10. The van der Waals surface area contributed by atoms with Crippen LogP contribution in [0.3, 0.4) is 0 Å². The molecule has 1 unspecified atom stereocenters. The highest BCUT2D eigenvalue weighted by Crippen LogP contribution is 2.30. The molecule has 2 rings (SSSR count). The van der Waals surface area contributed by atoms with E-state index in [0.29, 0.717) is 13.2 Å². The van der Waals surface area contributed by atoms with Gasteiger partial charge in [0.05, 0.1) is 13.0 Å². The van der Waals surface area contributed by atoms with E-state index in [9.17, 15) is 4.79 Å². The van der Waals surface area contributed by atoms with Crippen molar-refractivity contribution in [3.8, 4) is 0 Å². The molecule has 1 aromatic rings. The molecule has 0 N–H and O–H groups in total. The number of rotatable bonds is 5. The maximum atomic E-state index is 11.8. The molecule has 4 nitrogen and oxygen atoms in total. The molecule has 1 heterocycles. The Hall–Kier alpha value is -1.39. The highest BCUT2D eigenvalue weighted by Gasteiger charge is 2.38. The van der Waals surface area contributed by atoms with E-state index in [0.717, 1.165) is 18.4 Å². The third-order valence-corrected chi connectivity index (χ3v) is 3.10. The largest absolute Gasteiger partial charge is 0.461 e. The molecular weight excluding hydrogens is 232 g/mol. The smallest absolute Gasteiger partial charge is 0.311 e. The standard InChI is InChI=1S/C14H18O4/c1-16-14(8-5-9-18-14)10-13(15)17-11-12-6-3-2-4-7-12/h2-4,6-7H,5,8-11H2,1H3. The van der Waals surface area contributed by atoms with Crippen molar-refractivity contribution in [2.45, 2.75) is 31.7 Å². The molecule has 0 aliphatic carbocycles. The lowest BCUT2D eigenvalue weighted by Gasteiger charge is -2.25. The van der Waals surface area contributed by atoms with Gasteiger partial charge in [-0.3, -0.25) is 4.79 Å². The molecule has 1 aliphatic rings. The maximum Gasteiger partial charge on any atom is 0.311 e. The van der Waals surface area contributed by atoms with Gasteiger partial charge in [0.15, 0.2) is 5.79 Å². The van der Waals surface area contributed by atoms with Crippen molar-refractivity contribution in [3.63, 3.8) is 0 Å². The van der Waals surface area contributed by atoms with Crippen LogP contribution in [-0.4, -0.2) is 25.5 Å². The van der Waals surface area contributed by atoms with Crippen molar-refractivity contribution in [2.24, 2.45) is 0 Å². The number of hydrogen-bond donors (Lipinski definition) is 0. The lowest BCUT2D eigenvalue weighted by atomic mass is 10.1. The van der Waals surface area contributed by atoms with Crippen LogP contribution in [-0.2, 0) is 25.6 Å². The van der Waals surface area contributed by atoms with Crippen molar-refractivity contribution < 1.29 is 19.0 Å². The van der Waals surface area contributed by atoms with Gasteiger partial charge in [-0.1, -0.05) is 30.3 Å². The molecule has 1 aliphatic heterocycles. The van der Waals surface area contributed by atoms with Crippen LogP contribution in [0.2, 0.25) is 0 Å². The zero-order chi connectivity index (χ0) is 12.8. The van der Waals surface area contributed by atoms with E-state index in [1.54, 1.807) is 7.11 Å². The molecule has 4 heteroatoms. The monoisotopic (exact) mass is 250 g/mol. The average molecular weight is 250 g/mol. The zero-order valence-corrected chi connectivity index (χ0v) is 10.6. The summed E-state index contributed by atoms with van der Waals surface area (Å²) in [5.74, 6) is -1.06. The molecule has 98 valence electrons. The average Bonchev–Trinajstić information content (AvgIpc) is 2.87. The second-order valence-corrected chi connectivity index (χ2v) is 4.39. The Morgan fingerprint density at radius 1 is 1.39 bits per heavy atom. The first kappa shape index (κ1) is 13.1. The summed E-state index contributed by atoms with van der Waals surface area (Å²) in [7, 11) is 1.57. The Kier molecular flexibility index (Phi) is 4.33. The summed E-state index contributed by atoms with van der Waals surface area (Å²) in [6, 6.07) is 9.61. The first-order chi connectivity index (χ1) is 8.74. The van der Waals surface area contributed by atoms with Crippen LogP contribution < -0.4 is 0 Å². The Labute approximate surface area is 107 Å². The molecule has 0 saturated carbocycles. The number of hydrogen-bond acceptors (Lipinski definition) is 4. The topological polar surface area (TPSA) is 44.8 Å². The summed E-state index contributed by atoms with van der Waals surface area (Å²) in [5, 5.41) is 0. The molecule has 0 aromatic heterocycles. The van der Waals surface area contributed by atoms with Gasteiger partial charge in [0, 0.05) is 13.5 Å². The van der Waals surface area contributed by atoms with Crippen molar-refractivity contribution in [1.82, 2.24) is 0 Å². The van der Waals surface area contributed by atoms with E-state index in [2.05, 4.69) is 0 Å². The molecule has 1 fully saturated rings. The van der Waals surface area contributed by atoms with E-state index in [-0.39, 0.29) is 12.4 Å². The summed E-state index contributed by atoms with van der Waals surface area (Å²) >= 11 is 0. The van der Waals surface area contributed by atoms with Crippen molar-refractivity contribution in [1.29, 1.82) is 0 Å². The molecule has 0 amide bonds. The van der Waals surface area contributed by atoms with Crippen LogP contribution in [0.5, 0.6) is 0 Å². The summed E-state index contributed by atoms with van der Waals surface area (Å²) in [4.78, 5) is 11.8. The lowest BCUT2D eigenvalue weighted by Crippen LogP contribution is -2.33. The number of ether oxygens (including phenoxy) is 3. The number of esters is 1. The lowest BCUT2D eigenvalue weighted by molar-refractivity contribution is -0.206. The van der Waals surface area contributed by atoms with Gasteiger partial charge in [-0.2, -0.15) is 0 Å². The molecule has 0 radical (unpaired) electrons. The number of methoxy groups -OCH3 is 1. The molecule has 1 aromatic carbocycles. The van der Waals surface area contributed by atoms with Crippen LogP contribution in [0.25, 0.3) is 0 Å². The third kappa shape index (κ3) is 3.31. The van der Waals surface area contributed by atoms with Gasteiger partial charge in [-0.25, -0.2) is 0 Å². The fourth-order valence-corrected chi connectivity index (χ4v) is 2.05. The first-order valence-corrected chi connectivity index (χ1v) is 6.13. The van der Waals surface area contributed by atoms with Crippen LogP contribution in [0.15, 0.2) is 30.3 Å². The van der Waals surface area contributed by atoms with Gasteiger partial charge >= 0.3 is 5.97 Å². The Morgan fingerprint density at radius 3 is 2.78 bits per heavy atom. The highest BCUT2D eigenvalue weighted by molar-refractivity contribution is 5.70. The van der Waals surface area contributed by atoms with Crippen LogP contribution in [0.4, 0.5) is 0 Å². The van der Waals surface area contributed by atoms with E-state index < -0.39 is 5.79 Å². The minimum absolute atomic E-state index is 0.149. The van der Waals surface area contributed by atoms with Gasteiger partial charge in [0.25, 0.3) is 0 Å². The highest BCUT2D eigenvalue weighted by atomic mass is 16.7. The Bertz CT molecular complexity index is 382. The van der Waals surface area contributed by atoms with Crippen LogP contribution in [0, 0.1) is 0 Å². The van der Waals surface area contributed by atoms with Crippen molar-refractivity contribution in [2.75, 3.05) is 13.7 Å². The normalized spacial score (nSPS) is 22.9. The van der Waals surface area contributed by atoms with Crippen molar-refractivity contribution >= 4 is 5.97 Å². The zero-order valence-electron chi connectivity index (χ0n) is 10.6. The summed E-state index contributed by atoms with van der Waals surface area (Å²) < 4.78 is 16.0. The SMILES string of the molecule is COC1(CC(=O)OCc2ccccc2)CCCO1. The van der Waals surface area contributed by atoms with Crippen LogP contribution >= 0.6 is 0 Å². The molecular formula is C14H18O4. The van der Waals surface area contributed by atoms with Gasteiger partial charge in [0.2, 0.25) is 0 Å². The molecule has 1 saturated heterocycles. The van der Waals surface area contributed by atoms with Gasteiger partial charge in [0.1, 0.15) is 6.61 Å². The first-order valence-electron chi connectivity index (χ1n) is 6.13. The number of carbonyl (C=O) groups excluding carboxylic acids is 1. The minimum atomic E-state index is -0.770. The molecule has 18 heavy (non-hydrogen) atoms. The molecule has 0 spiro atoms. The van der Waals surface area contributed by atoms with E-state index in [4.69, 9.17) is 14.2 Å². The summed E-state index contributed by atoms with van der Waals surface area (Å²) in [5.41, 5.74) is 0.977. The predicted molar refractivity (Wildman–Crippen MR) is 65.8 cm³/mol. The van der Waals surface area contributed by atoms with E-state index >= 15 is 0 Å². The number of benzene rings is 1. The summed E-state index contributed by atoms with van der Waals surface area (Å²) in [6.45, 7) is 0.930. The maximum absolute atomic E-state index is 11.8. The van der Waals surface area contributed by atoms with Gasteiger partial charge in [-0.15, -0.1) is 0 Å². The molecule has 1 atom stereocenters. The van der Waals surface area contributed by atoms with Gasteiger partial charge in [-0.05, 0) is 12.0 Å². The predicted octanol–water partition coefficient (Wildman–Crippen LogP) is 2.27. The second-order valence-electron chi connectivity index (χ2n) is 4.39. The van der Waals surface area contributed by atoms with Crippen LogP contribution in [0.1, 0.15) is 24.8 Å². The van der Waals surface area contributed by atoms with E-state index in [1.807, 2.05) is 30.3 Å². The quantitative estimate of drug-likeness (QED) is 0.752. The molecule has 0 bridgehead atoms. The Balaban J connectivity index is 1.82. The summed E-state index contributed by atoms with van der Waals surface area (Å²) in [6.07, 6.45) is 1.81. The van der Waals surface area contributed by atoms with E-state index in [1.165, 1.54) is 0 Å². The van der Waals surface area contributed by atoms with Gasteiger partial charge < -0.3 is 14.2 Å². The fraction of sp³-hybridized carbons (Fsp3) is 0.500. The van der Waals surface area contributed by atoms with Crippen molar-refractivity contribution in [3.05, 3.63) is 35.9 Å². The fourth-order valence-electron chi connectivity index (χ4n) is 2.05. The second kappa shape index (κ2) is 5.98.